The van der Waals surface area contributed by atoms with Crippen LogP contribution in [0.15, 0.2) is 83.5 Å². The maximum atomic E-state index is 11.2. The van der Waals surface area contributed by atoms with E-state index in [4.69, 9.17) is 19.0 Å². The van der Waals surface area contributed by atoms with Gasteiger partial charge in [-0.15, -0.1) is 12.4 Å². The average molecular weight is 508 g/mol. The molecule has 0 saturated carbocycles. The highest BCUT2D eigenvalue weighted by atomic mass is 35.5. The number of nitrogens with one attached hydrogen (secondary N) is 1. The van der Waals surface area contributed by atoms with Crippen LogP contribution in [0.25, 0.3) is 10.8 Å². The van der Waals surface area contributed by atoms with E-state index in [1.54, 1.807) is 6.07 Å². The Balaban J connectivity index is 0.00000304. The molecule has 2 atom stereocenters. The minimum atomic E-state index is -1.06. The number of fused-ring (bicyclic) bond motifs is 1. The van der Waals surface area contributed by atoms with Crippen molar-refractivity contribution < 1.29 is 23.8 Å². The Kier molecular flexibility index (Phi) is 8.65. The predicted octanol–water partition coefficient (Wildman–Crippen LogP) is 5.84. The van der Waals surface area contributed by atoms with E-state index in [1.807, 2.05) is 12.1 Å². The van der Waals surface area contributed by atoms with Crippen molar-refractivity contribution in [1.82, 2.24) is 5.32 Å². The van der Waals surface area contributed by atoms with E-state index >= 15 is 0 Å². The Morgan fingerprint density at radius 1 is 1.03 bits per heavy atom. The van der Waals surface area contributed by atoms with Crippen LogP contribution in [-0.4, -0.2) is 36.9 Å². The molecule has 2 N–H and O–H groups in total. The fourth-order valence-corrected chi connectivity index (χ4v) is 4.73. The monoisotopic (exact) mass is 507 g/mol. The van der Waals surface area contributed by atoms with Crippen LogP contribution >= 0.6 is 12.4 Å². The topological polar surface area (TPSA) is 80.9 Å². The largest absolute Gasteiger partial charge is 0.493 e. The molecule has 2 unspecified atom stereocenters. The van der Waals surface area contributed by atoms with Gasteiger partial charge in [0.25, 0.3) is 0 Å². The van der Waals surface area contributed by atoms with Crippen LogP contribution in [0.1, 0.15) is 39.6 Å². The fourth-order valence-electron chi connectivity index (χ4n) is 4.73. The van der Waals surface area contributed by atoms with Crippen molar-refractivity contribution in [3.63, 3.8) is 0 Å². The number of piperidine rings is 1. The SMILES string of the molecule is Cl.O=C(O)c1occc1CCOc1ccc(C2CCNCC2OCc2ccc3ccccc3c2)cc1. The highest BCUT2D eigenvalue weighted by Gasteiger charge is 2.27. The van der Waals surface area contributed by atoms with E-state index in [9.17, 15) is 4.79 Å². The van der Waals surface area contributed by atoms with E-state index in [-0.39, 0.29) is 24.3 Å². The number of carbonyl (C=O) groups is 1. The number of halogens is 1. The van der Waals surface area contributed by atoms with Gasteiger partial charge in [0.1, 0.15) is 5.75 Å². The molecule has 7 heteroatoms. The van der Waals surface area contributed by atoms with Gasteiger partial charge in [0.15, 0.2) is 0 Å². The van der Waals surface area contributed by atoms with Crippen LogP contribution in [0.5, 0.6) is 5.75 Å². The minimum absolute atomic E-state index is 0. The average Bonchev–Trinajstić information content (AvgIpc) is 3.37. The van der Waals surface area contributed by atoms with Gasteiger partial charge in [0, 0.05) is 24.4 Å². The lowest BCUT2D eigenvalue weighted by Gasteiger charge is -2.32. The number of aromatic carboxylic acids is 1. The lowest BCUT2D eigenvalue weighted by atomic mass is 9.87. The van der Waals surface area contributed by atoms with Gasteiger partial charge in [-0.25, -0.2) is 4.79 Å². The Morgan fingerprint density at radius 2 is 1.83 bits per heavy atom. The van der Waals surface area contributed by atoms with Crippen molar-refractivity contribution >= 4 is 29.1 Å². The first-order valence-electron chi connectivity index (χ1n) is 12.0. The van der Waals surface area contributed by atoms with E-state index in [0.717, 1.165) is 25.3 Å². The summed E-state index contributed by atoms with van der Waals surface area (Å²) in [6.45, 7) is 2.76. The van der Waals surface area contributed by atoms with Crippen molar-refractivity contribution in [1.29, 1.82) is 0 Å². The molecule has 0 amide bonds. The Morgan fingerprint density at radius 3 is 2.64 bits per heavy atom. The number of carboxylic acid groups (broad SMARTS) is 1. The molecule has 0 aliphatic carbocycles. The standard InChI is InChI=1S/C29H29NO5.ClH/c31-29(32)28-23(13-16-34-28)12-15-33-25-9-7-22(8-10-25)26-11-14-30-18-27(26)35-19-20-5-6-21-3-1-2-4-24(21)17-20;/h1-10,13,16-17,26-27,30H,11-12,14-15,18-19H2,(H,31,32);1H. The number of furan rings is 1. The number of ether oxygens (including phenoxy) is 2. The molecular weight excluding hydrogens is 478 g/mol. The number of benzene rings is 3. The summed E-state index contributed by atoms with van der Waals surface area (Å²) >= 11 is 0. The third-order valence-corrected chi connectivity index (χ3v) is 6.59. The smallest absolute Gasteiger partial charge is 0.372 e. The van der Waals surface area contributed by atoms with Crippen molar-refractivity contribution in [3.8, 4) is 5.75 Å². The third kappa shape index (κ3) is 6.08. The van der Waals surface area contributed by atoms with Crippen LogP contribution in [-0.2, 0) is 17.8 Å². The fraction of sp³-hybridized carbons (Fsp3) is 0.276. The molecule has 2 heterocycles. The molecule has 6 nitrogen and oxygen atoms in total. The van der Waals surface area contributed by atoms with Gasteiger partial charge in [-0.3, -0.25) is 0 Å². The second-order valence-electron chi connectivity index (χ2n) is 8.88. The number of rotatable bonds is 9. The van der Waals surface area contributed by atoms with Gasteiger partial charge in [0.05, 0.1) is 25.6 Å². The highest BCUT2D eigenvalue weighted by Crippen LogP contribution is 2.30. The molecule has 3 aromatic carbocycles. The van der Waals surface area contributed by atoms with Gasteiger partial charge in [-0.2, -0.15) is 0 Å². The molecule has 0 bridgehead atoms. The molecule has 188 valence electrons. The zero-order valence-electron chi connectivity index (χ0n) is 19.9. The van der Waals surface area contributed by atoms with Gasteiger partial charge >= 0.3 is 5.97 Å². The van der Waals surface area contributed by atoms with E-state index in [1.165, 1.54) is 28.2 Å². The highest BCUT2D eigenvalue weighted by molar-refractivity contribution is 5.86. The molecule has 36 heavy (non-hydrogen) atoms. The summed E-state index contributed by atoms with van der Waals surface area (Å²) in [7, 11) is 0. The molecule has 1 aliphatic heterocycles. The Hall–Kier alpha value is -3.32. The molecule has 1 saturated heterocycles. The Labute approximate surface area is 216 Å². The van der Waals surface area contributed by atoms with Crippen LogP contribution in [0.2, 0.25) is 0 Å². The second kappa shape index (κ2) is 12.1. The quantitative estimate of drug-likeness (QED) is 0.296. The van der Waals surface area contributed by atoms with E-state index in [2.05, 4.69) is 59.9 Å². The van der Waals surface area contributed by atoms with Crippen LogP contribution in [0.4, 0.5) is 0 Å². The zero-order valence-corrected chi connectivity index (χ0v) is 20.7. The molecular formula is C29H30ClNO5. The molecule has 1 aromatic heterocycles. The molecule has 0 radical (unpaired) electrons. The van der Waals surface area contributed by atoms with Crippen LogP contribution in [0, 0.1) is 0 Å². The lowest BCUT2D eigenvalue weighted by molar-refractivity contribution is 0.0106. The summed E-state index contributed by atoms with van der Waals surface area (Å²) in [5, 5.41) is 15.1. The predicted molar refractivity (Wildman–Crippen MR) is 141 cm³/mol. The summed E-state index contributed by atoms with van der Waals surface area (Å²) in [5.41, 5.74) is 3.06. The Bertz CT molecular complexity index is 1290. The number of carboxylic acids is 1. The molecule has 0 spiro atoms. The maximum Gasteiger partial charge on any atom is 0.372 e. The molecule has 1 fully saturated rings. The first-order chi connectivity index (χ1) is 17.2. The summed E-state index contributed by atoms with van der Waals surface area (Å²) in [4.78, 5) is 11.2. The van der Waals surface area contributed by atoms with Crippen molar-refractivity contribution in [2.24, 2.45) is 0 Å². The molecule has 4 aromatic rings. The van der Waals surface area contributed by atoms with Crippen molar-refractivity contribution in [2.45, 2.75) is 31.5 Å². The second-order valence-corrected chi connectivity index (χ2v) is 8.88. The first-order valence-corrected chi connectivity index (χ1v) is 12.0. The number of hydrogen-bond acceptors (Lipinski definition) is 5. The van der Waals surface area contributed by atoms with Crippen LogP contribution in [0.3, 0.4) is 0 Å². The molecule has 5 rings (SSSR count). The van der Waals surface area contributed by atoms with Crippen LogP contribution < -0.4 is 10.1 Å². The van der Waals surface area contributed by atoms with Crippen molar-refractivity contribution in [3.05, 3.63) is 102 Å². The molecule has 1 aliphatic rings. The van der Waals surface area contributed by atoms with Gasteiger partial charge in [0.2, 0.25) is 5.76 Å². The van der Waals surface area contributed by atoms with E-state index < -0.39 is 5.97 Å². The first kappa shape index (κ1) is 25.8. The lowest BCUT2D eigenvalue weighted by Crippen LogP contribution is -2.40. The normalized spacial score (nSPS) is 17.4. The third-order valence-electron chi connectivity index (χ3n) is 6.59. The van der Waals surface area contributed by atoms with Gasteiger partial charge < -0.3 is 24.3 Å². The minimum Gasteiger partial charge on any atom is -0.493 e. The summed E-state index contributed by atoms with van der Waals surface area (Å²) in [6, 6.07) is 24.7. The van der Waals surface area contributed by atoms with E-state index in [0.29, 0.717) is 31.1 Å². The summed E-state index contributed by atoms with van der Waals surface area (Å²) in [5.74, 6) is -0.00945. The summed E-state index contributed by atoms with van der Waals surface area (Å²) in [6.07, 6.45) is 2.97. The zero-order chi connectivity index (χ0) is 24.0. The maximum absolute atomic E-state index is 11.2. The van der Waals surface area contributed by atoms with Gasteiger partial charge in [-0.1, -0.05) is 48.5 Å². The number of hydrogen-bond donors (Lipinski definition) is 2. The summed E-state index contributed by atoms with van der Waals surface area (Å²) < 4.78 is 17.3. The van der Waals surface area contributed by atoms with Crippen molar-refractivity contribution in [2.75, 3.05) is 19.7 Å². The van der Waals surface area contributed by atoms with Gasteiger partial charge in [-0.05, 0) is 59.1 Å².